The van der Waals surface area contributed by atoms with E-state index in [0.29, 0.717) is 18.1 Å². The molecule has 4 nitrogen and oxygen atoms in total. The third-order valence-electron chi connectivity index (χ3n) is 8.43. The third-order valence-corrected chi connectivity index (χ3v) is 8.43. The fourth-order valence-corrected chi connectivity index (χ4v) is 7.41. The average molecular weight is 354 g/mol. The standard InChI is InChI=1S/C22H26O4/c1-12-8-16-15-5-4-13-9-14(24)6-7-21(13,3)22(15)18(26-22)10-20(16,2)19(12)17(25)11-23/h6-7,9,11-12,15-16,18,25H,4-5,8,10H2,1-3H3/t12-,15-,16-,18-,20-,21-,22+/m0/s1. The molecule has 0 unspecified atom stereocenters. The first-order valence-electron chi connectivity index (χ1n) is 9.79. The van der Waals surface area contributed by atoms with Crippen LogP contribution in [-0.4, -0.2) is 28.9 Å². The van der Waals surface area contributed by atoms with Gasteiger partial charge in [0.2, 0.25) is 0 Å². The SMILES string of the molecule is C[C@H]1C[C@H]2[C@@H]3CCC4=CC(=O)C=C[C@]4(C)[C@@]34O[C@H]4C[C@]2(C)C1=C(O)C=O. The predicted molar refractivity (Wildman–Crippen MR) is 96.4 cm³/mol. The van der Waals surface area contributed by atoms with Crippen LogP contribution in [0.1, 0.15) is 46.5 Å². The molecule has 1 N–H and O–H groups in total. The second kappa shape index (κ2) is 4.78. The van der Waals surface area contributed by atoms with Crippen molar-refractivity contribution in [2.45, 2.75) is 58.2 Å². The van der Waals surface area contributed by atoms with Gasteiger partial charge in [0.05, 0.1) is 6.10 Å². The molecule has 3 saturated carbocycles. The van der Waals surface area contributed by atoms with Gasteiger partial charge in [0.25, 0.3) is 0 Å². The van der Waals surface area contributed by atoms with E-state index in [-0.39, 0.29) is 40.0 Å². The van der Waals surface area contributed by atoms with Gasteiger partial charge in [-0.1, -0.05) is 25.5 Å². The zero-order valence-corrected chi connectivity index (χ0v) is 15.6. The summed E-state index contributed by atoms with van der Waals surface area (Å²) < 4.78 is 6.48. The van der Waals surface area contributed by atoms with Crippen molar-refractivity contribution in [3.63, 3.8) is 0 Å². The molecular weight excluding hydrogens is 328 g/mol. The van der Waals surface area contributed by atoms with Crippen molar-refractivity contribution in [1.29, 1.82) is 0 Å². The van der Waals surface area contributed by atoms with Crippen molar-refractivity contribution in [2.24, 2.45) is 28.6 Å². The molecule has 0 aromatic rings. The Morgan fingerprint density at radius 3 is 2.85 bits per heavy atom. The van der Waals surface area contributed by atoms with E-state index in [4.69, 9.17) is 4.74 Å². The minimum atomic E-state index is -0.218. The van der Waals surface area contributed by atoms with Crippen LogP contribution in [0.15, 0.2) is 35.1 Å². The first-order valence-corrected chi connectivity index (χ1v) is 9.79. The molecule has 5 aliphatic rings. The second-order valence-electron chi connectivity index (χ2n) is 9.43. The van der Waals surface area contributed by atoms with Crippen LogP contribution in [0.4, 0.5) is 0 Å². The molecule has 7 atom stereocenters. The summed E-state index contributed by atoms with van der Waals surface area (Å²) >= 11 is 0. The van der Waals surface area contributed by atoms with Gasteiger partial charge in [-0.05, 0) is 73.5 Å². The maximum absolute atomic E-state index is 11.9. The maximum atomic E-state index is 11.9. The van der Waals surface area contributed by atoms with Crippen molar-refractivity contribution < 1.29 is 19.4 Å². The highest BCUT2D eigenvalue weighted by Crippen LogP contribution is 2.75. The summed E-state index contributed by atoms with van der Waals surface area (Å²) in [5.74, 6) is 1.03. The van der Waals surface area contributed by atoms with Crippen LogP contribution in [0, 0.1) is 28.6 Å². The topological polar surface area (TPSA) is 66.9 Å². The quantitative estimate of drug-likeness (QED) is 0.338. The van der Waals surface area contributed by atoms with Crippen molar-refractivity contribution in [3.8, 4) is 0 Å². The highest BCUT2D eigenvalue weighted by atomic mass is 16.6. The molecule has 0 radical (unpaired) electrons. The van der Waals surface area contributed by atoms with Crippen LogP contribution in [0.25, 0.3) is 0 Å². The number of aliphatic hydroxyl groups is 1. The van der Waals surface area contributed by atoms with Gasteiger partial charge in [-0.25, -0.2) is 0 Å². The van der Waals surface area contributed by atoms with E-state index in [1.54, 1.807) is 6.08 Å². The van der Waals surface area contributed by atoms with Crippen LogP contribution >= 0.6 is 0 Å². The number of ether oxygens (including phenoxy) is 1. The van der Waals surface area contributed by atoms with Crippen LogP contribution < -0.4 is 0 Å². The molecule has 4 aliphatic carbocycles. The number of hydrogen-bond acceptors (Lipinski definition) is 4. The van der Waals surface area contributed by atoms with Gasteiger partial charge < -0.3 is 9.84 Å². The smallest absolute Gasteiger partial charge is 0.184 e. The lowest BCUT2D eigenvalue weighted by atomic mass is 9.48. The van der Waals surface area contributed by atoms with Gasteiger partial charge >= 0.3 is 0 Å². The van der Waals surface area contributed by atoms with Crippen molar-refractivity contribution in [2.75, 3.05) is 0 Å². The summed E-state index contributed by atoms with van der Waals surface area (Å²) in [4.78, 5) is 23.2. The molecule has 5 rings (SSSR count). The summed E-state index contributed by atoms with van der Waals surface area (Å²) in [5.41, 5.74) is 1.54. The summed E-state index contributed by atoms with van der Waals surface area (Å²) in [6.45, 7) is 6.58. The highest BCUT2D eigenvalue weighted by Gasteiger charge is 2.78. The van der Waals surface area contributed by atoms with Crippen molar-refractivity contribution >= 4 is 12.1 Å². The van der Waals surface area contributed by atoms with Gasteiger partial charge in [-0.3, -0.25) is 9.59 Å². The zero-order valence-electron chi connectivity index (χ0n) is 15.6. The number of allylic oxidation sites excluding steroid dienone is 4. The lowest BCUT2D eigenvalue weighted by molar-refractivity contribution is -0.111. The molecule has 0 aromatic carbocycles. The molecule has 0 aromatic heterocycles. The normalized spacial score (nSPS) is 53.0. The Bertz CT molecular complexity index is 820. The number of rotatable bonds is 1. The molecule has 1 heterocycles. The molecule has 1 saturated heterocycles. The summed E-state index contributed by atoms with van der Waals surface area (Å²) in [6, 6.07) is 0. The molecule has 0 bridgehead atoms. The number of carbonyl (C=O) groups is 2. The number of carbonyl (C=O) groups excluding carboxylic acids is 2. The van der Waals surface area contributed by atoms with E-state index in [1.165, 1.54) is 5.57 Å². The summed E-state index contributed by atoms with van der Waals surface area (Å²) in [5, 5.41) is 10.3. The summed E-state index contributed by atoms with van der Waals surface area (Å²) in [7, 11) is 0. The molecule has 0 amide bonds. The first-order chi connectivity index (χ1) is 12.3. The predicted octanol–water partition coefficient (Wildman–Crippen LogP) is 3.68. The van der Waals surface area contributed by atoms with E-state index >= 15 is 0 Å². The van der Waals surface area contributed by atoms with Gasteiger partial charge in [0, 0.05) is 5.41 Å². The van der Waals surface area contributed by atoms with Gasteiger partial charge in [0.15, 0.2) is 17.8 Å². The zero-order chi connectivity index (χ0) is 18.5. The van der Waals surface area contributed by atoms with Crippen LogP contribution in [0.5, 0.6) is 0 Å². The molecule has 1 spiro atoms. The Labute approximate surface area is 154 Å². The Kier molecular flexibility index (Phi) is 3.03. The van der Waals surface area contributed by atoms with E-state index in [2.05, 4.69) is 26.8 Å². The molecular formula is C22H26O4. The Hall–Kier alpha value is -1.68. The number of ketones is 1. The number of hydrogen-bond donors (Lipinski definition) is 1. The number of aldehydes is 1. The fourth-order valence-electron chi connectivity index (χ4n) is 7.41. The van der Waals surface area contributed by atoms with E-state index in [0.717, 1.165) is 31.3 Å². The second-order valence-corrected chi connectivity index (χ2v) is 9.43. The third kappa shape index (κ3) is 1.65. The van der Waals surface area contributed by atoms with Crippen LogP contribution in [0.2, 0.25) is 0 Å². The monoisotopic (exact) mass is 354 g/mol. The number of epoxide rings is 1. The molecule has 138 valence electrons. The van der Waals surface area contributed by atoms with Gasteiger partial charge in [0.1, 0.15) is 5.60 Å². The van der Waals surface area contributed by atoms with Crippen LogP contribution in [-0.2, 0) is 14.3 Å². The Morgan fingerprint density at radius 2 is 2.12 bits per heavy atom. The van der Waals surface area contributed by atoms with Gasteiger partial charge in [-0.15, -0.1) is 0 Å². The van der Waals surface area contributed by atoms with E-state index in [1.807, 2.05) is 6.08 Å². The maximum Gasteiger partial charge on any atom is 0.184 e. The minimum absolute atomic E-state index is 0.0681. The van der Waals surface area contributed by atoms with Crippen molar-refractivity contribution in [3.05, 3.63) is 35.1 Å². The first kappa shape index (κ1) is 16.5. The lowest BCUT2D eigenvalue weighted by Gasteiger charge is -2.53. The molecule has 4 fully saturated rings. The number of aliphatic hydroxyl groups excluding tert-OH is 1. The van der Waals surface area contributed by atoms with E-state index in [9.17, 15) is 14.7 Å². The summed E-state index contributed by atoms with van der Waals surface area (Å²) in [6.07, 6.45) is 10.1. The highest BCUT2D eigenvalue weighted by molar-refractivity contribution is 6.01. The van der Waals surface area contributed by atoms with Crippen LogP contribution in [0.3, 0.4) is 0 Å². The van der Waals surface area contributed by atoms with E-state index < -0.39 is 0 Å². The Morgan fingerprint density at radius 1 is 1.35 bits per heavy atom. The largest absolute Gasteiger partial charge is 0.505 e. The van der Waals surface area contributed by atoms with Crippen molar-refractivity contribution in [1.82, 2.24) is 0 Å². The van der Waals surface area contributed by atoms with Gasteiger partial charge in [-0.2, -0.15) is 0 Å². The molecule has 26 heavy (non-hydrogen) atoms. The lowest BCUT2D eigenvalue weighted by Crippen LogP contribution is -2.56. The fraction of sp³-hybridized carbons (Fsp3) is 0.636. The average Bonchev–Trinajstić information content (AvgIpc) is 3.24. The molecule has 4 heteroatoms. The minimum Gasteiger partial charge on any atom is -0.505 e. The number of fused-ring (bicyclic) bond motifs is 3. The Balaban J connectivity index is 1.62. The molecule has 1 aliphatic heterocycles.